The van der Waals surface area contributed by atoms with Crippen LogP contribution in [0.1, 0.15) is 82.0 Å². The average molecular weight is 452 g/mol. The molecule has 0 aromatic heterocycles. The van der Waals surface area contributed by atoms with Gasteiger partial charge in [-0.15, -0.1) is 33.2 Å². The maximum atomic E-state index is 12.5. The summed E-state index contributed by atoms with van der Waals surface area (Å²) in [5.41, 5.74) is -0.0599. The lowest BCUT2D eigenvalue weighted by Gasteiger charge is -2.24. The monoisotopic (exact) mass is 450 g/mol. The Labute approximate surface area is 180 Å². The van der Waals surface area contributed by atoms with Gasteiger partial charge in [-0.1, -0.05) is 81.7 Å². The number of rotatable bonds is 15. The lowest BCUT2D eigenvalue weighted by molar-refractivity contribution is -0.00588. The van der Waals surface area contributed by atoms with Gasteiger partial charge in [-0.25, -0.2) is 0 Å². The molecule has 0 N–H and O–H groups in total. The Morgan fingerprint density at radius 1 is 0.852 bits per heavy atom. The van der Waals surface area contributed by atoms with Crippen LogP contribution in [-0.4, -0.2) is 24.0 Å². The zero-order valence-electron chi connectivity index (χ0n) is 16.6. The van der Waals surface area contributed by atoms with Gasteiger partial charge in [0.25, 0.3) is 0 Å². The Morgan fingerprint density at radius 3 is 1.85 bits per heavy atom. The molecule has 0 radical (unpaired) electrons. The molecule has 0 unspecified atom stereocenters. The molecule has 0 atom stereocenters. The van der Waals surface area contributed by atoms with E-state index >= 15 is 0 Å². The molecule has 6 heteroatoms. The van der Waals surface area contributed by atoms with Crippen LogP contribution in [0.2, 0.25) is 6.04 Å². The number of unbranched alkanes of at least 4 members (excludes halogenated alkanes) is 8. The zero-order valence-corrected chi connectivity index (χ0v) is 19.9. The second-order valence-electron chi connectivity index (χ2n) is 7.60. The highest BCUT2D eigenvalue weighted by Crippen LogP contribution is 2.27. The van der Waals surface area contributed by atoms with Gasteiger partial charge in [-0.2, -0.15) is 0 Å². The molecule has 0 amide bonds. The lowest BCUT2D eigenvalue weighted by atomic mass is 9.96. The summed E-state index contributed by atoms with van der Waals surface area (Å²) < 4.78 is 5.87. The molecular formula is C21H33Cl3O2Si. The van der Waals surface area contributed by atoms with Crippen molar-refractivity contribution >= 4 is 45.0 Å². The van der Waals surface area contributed by atoms with Crippen molar-refractivity contribution in [1.82, 2.24) is 0 Å². The lowest BCUT2D eigenvalue weighted by Crippen LogP contribution is -2.35. The van der Waals surface area contributed by atoms with Crippen molar-refractivity contribution in [3.63, 3.8) is 0 Å². The van der Waals surface area contributed by atoms with Crippen LogP contribution in [0.15, 0.2) is 30.3 Å². The fraction of sp³-hybridized carbons (Fsp3) is 0.667. The van der Waals surface area contributed by atoms with Gasteiger partial charge in [-0.05, 0) is 26.3 Å². The van der Waals surface area contributed by atoms with Crippen molar-refractivity contribution in [2.75, 3.05) is 6.61 Å². The molecule has 27 heavy (non-hydrogen) atoms. The van der Waals surface area contributed by atoms with Crippen molar-refractivity contribution in [3.8, 4) is 0 Å². The van der Waals surface area contributed by atoms with Crippen molar-refractivity contribution in [2.45, 2.75) is 83.3 Å². The first-order valence-electron chi connectivity index (χ1n) is 10.0. The summed E-state index contributed by atoms with van der Waals surface area (Å²) in [4.78, 5) is 12.5. The Bertz CT molecular complexity index is 530. The van der Waals surface area contributed by atoms with E-state index in [2.05, 4.69) is 0 Å². The highest BCUT2D eigenvalue weighted by atomic mass is 35.8. The maximum Gasteiger partial charge on any atom is 0.341 e. The Balaban J connectivity index is 2.00. The molecule has 154 valence electrons. The third kappa shape index (κ3) is 12.2. The van der Waals surface area contributed by atoms with E-state index in [0.29, 0.717) is 12.2 Å². The number of hydrogen-bond donors (Lipinski definition) is 0. The summed E-state index contributed by atoms with van der Waals surface area (Å²) in [5, 5.41) is 0. The molecule has 0 aliphatic heterocycles. The van der Waals surface area contributed by atoms with Gasteiger partial charge in [0.2, 0.25) is 0 Å². The molecular weight excluding hydrogens is 419 g/mol. The minimum absolute atomic E-state index is 0.0421. The van der Waals surface area contributed by atoms with Gasteiger partial charge in [0.15, 0.2) is 5.78 Å². The molecule has 1 aromatic carbocycles. The maximum absolute atomic E-state index is 12.5. The van der Waals surface area contributed by atoms with Crippen LogP contribution in [-0.2, 0) is 4.74 Å². The fourth-order valence-corrected chi connectivity index (χ4v) is 4.85. The predicted octanol–water partition coefficient (Wildman–Crippen LogP) is 7.83. The van der Waals surface area contributed by atoms with Gasteiger partial charge in [-0.3, -0.25) is 4.79 Å². The molecule has 0 bridgehead atoms. The van der Waals surface area contributed by atoms with Crippen LogP contribution < -0.4 is 0 Å². The van der Waals surface area contributed by atoms with E-state index in [1.54, 1.807) is 0 Å². The second-order valence-corrected chi connectivity index (χ2v) is 16.9. The predicted molar refractivity (Wildman–Crippen MR) is 120 cm³/mol. The van der Waals surface area contributed by atoms with Crippen LogP contribution in [0, 0.1) is 0 Å². The van der Waals surface area contributed by atoms with E-state index < -0.39 is 11.6 Å². The molecule has 0 aliphatic carbocycles. The van der Waals surface area contributed by atoms with Gasteiger partial charge in [0.1, 0.15) is 5.60 Å². The minimum atomic E-state index is -2.41. The molecule has 0 aliphatic rings. The molecule has 1 aromatic rings. The number of ether oxygens (including phenoxy) is 1. The Morgan fingerprint density at radius 2 is 1.33 bits per heavy atom. The highest BCUT2D eigenvalue weighted by molar-refractivity contribution is 7.64. The van der Waals surface area contributed by atoms with Crippen LogP contribution >= 0.6 is 33.2 Å². The van der Waals surface area contributed by atoms with Crippen LogP contribution in [0.4, 0.5) is 0 Å². The standard InChI is InChI=1S/C21H33Cl3O2Si/c1-21(2,20(25)19-15-11-10-12-16-19)26-17-13-8-6-4-3-5-7-9-14-18-27(22,23)24/h10-12,15-16H,3-9,13-14,17-18H2,1-2H3. The summed E-state index contributed by atoms with van der Waals surface area (Å²) in [6.45, 7) is 4.34. The molecule has 0 saturated carbocycles. The average Bonchev–Trinajstić information content (AvgIpc) is 2.61. The molecule has 0 saturated heterocycles. The first-order valence-corrected chi connectivity index (χ1v) is 15.3. The molecule has 0 heterocycles. The Kier molecular flexibility index (Phi) is 12.2. The third-order valence-corrected chi connectivity index (χ3v) is 7.27. The van der Waals surface area contributed by atoms with E-state index in [-0.39, 0.29) is 5.78 Å². The highest BCUT2D eigenvalue weighted by Gasteiger charge is 2.29. The molecule has 0 spiro atoms. The number of halogens is 3. The number of carbonyl (C=O) groups is 1. The largest absolute Gasteiger partial charge is 0.367 e. The normalized spacial score (nSPS) is 12.3. The van der Waals surface area contributed by atoms with Crippen LogP contribution in [0.25, 0.3) is 0 Å². The zero-order chi connectivity index (χ0) is 20.2. The number of benzene rings is 1. The topological polar surface area (TPSA) is 26.3 Å². The quantitative estimate of drug-likeness (QED) is 0.117. The van der Waals surface area contributed by atoms with Gasteiger partial charge < -0.3 is 4.74 Å². The van der Waals surface area contributed by atoms with E-state index in [9.17, 15) is 4.79 Å². The molecule has 0 fully saturated rings. The third-order valence-electron chi connectivity index (χ3n) is 4.65. The number of Topliss-reactive ketones (excluding diaryl/α,β-unsaturated/α-hetero) is 1. The number of hydrogen-bond acceptors (Lipinski definition) is 2. The van der Waals surface area contributed by atoms with Gasteiger partial charge >= 0.3 is 6.00 Å². The summed E-state index contributed by atoms with van der Waals surface area (Å²) in [6.07, 6.45) is 10.6. The SMILES string of the molecule is CC(C)(OCCCCCCCCCCC[Si](Cl)(Cl)Cl)C(=O)c1ccccc1. The molecule has 2 nitrogen and oxygen atoms in total. The Hall–Kier alpha value is -0.0631. The number of carbonyl (C=O) groups excluding carboxylic acids is 1. The van der Waals surface area contributed by atoms with E-state index in [1.165, 1.54) is 38.5 Å². The first kappa shape index (κ1) is 25.0. The fourth-order valence-electron chi connectivity index (χ4n) is 2.99. The summed E-state index contributed by atoms with van der Waals surface area (Å²) in [6, 6.07) is 7.73. The first-order chi connectivity index (χ1) is 12.7. The van der Waals surface area contributed by atoms with Crippen molar-refractivity contribution in [1.29, 1.82) is 0 Å². The van der Waals surface area contributed by atoms with Crippen molar-refractivity contribution in [3.05, 3.63) is 35.9 Å². The van der Waals surface area contributed by atoms with Crippen LogP contribution in [0.3, 0.4) is 0 Å². The summed E-state index contributed by atoms with van der Waals surface area (Å²) in [5.74, 6) is 0.0421. The van der Waals surface area contributed by atoms with E-state index in [0.717, 1.165) is 25.3 Å². The summed E-state index contributed by atoms with van der Waals surface area (Å²) >= 11 is 17.6. The van der Waals surface area contributed by atoms with Gasteiger partial charge in [0.05, 0.1) is 0 Å². The molecule has 1 rings (SSSR count). The van der Waals surface area contributed by atoms with Crippen molar-refractivity contribution in [2.24, 2.45) is 0 Å². The smallest absolute Gasteiger partial charge is 0.341 e. The van der Waals surface area contributed by atoms with Gasteiger partial charge in [0, 0.05) is 12.2 Å². The minimum Gasteiger partial charge on any atom is -0.367 e. The number of ketones is 1. The van der Waals surface area contributed by atoms with Crippen LogP contribution in [0.5, 0.6) is 0 Å². The second kappa shape index (κ2) is 13.2. The van der Waals surface area contributed by atoms with E-state index in [4.69, 9.17) is 38.0 Å². The summed E-state index contributed by atoms with van der Waals surface area (Å²) in [7, 11) is 0. The van der Waals surface area contributed by atoms with E-state index in [1.807, 2.05) is 44.2 Å². The van der Waals surface area contributed by atoms with Crippen molar-refractivity contribution < 1.29 is 9.53 Å².